The monoisotopic (exact) mass is 232 g/mol. The summed E-state index contributed by atoms with van der Waals surface area (Å²) in [5.41, 5.74) is 0. The van der Waals surface area contributed by atoms with Gasteiger partial charge in [-0.3, -0.25) is 0 Å². The number of hydrogen-bond donors (Lipinski definition) is 0. The molecule has 0 radical (unpaired) electrons. The van der Waals surface area contributed by atoms with Gasteiger partial charge in [0.1, 0.15) is 0 Å². The Hall–Kier alpha value is 0.939. The van der Waals surface area contributed by atoms with Gasteiger partial charge in [0.05, 0.1) is 0 Å². The second-order valence-electron chi connectivity index (χ2n) is 0. The van der Waals surface area contributed by atoms with Crippen LogP contribution in [0.5, 0.6) is 0 Å². The Morgan fingerprint density at radius 2 is 0.455 bits per heavy atom. The SMILES string of the molecule is O.O.O.O.O.[Cr+4].[Mg+2].[O-2].[O-2].[OH-].[OH-]. The van der Waals surface area contributed by atoms with E-state index in [1.807, 2.05) is 0 Å². The van der Waals surface area contributed by atoms with Gasteiger partial charge < -0.3 is 49.3 Å². The summed E-state index contributed by atoms with van der Waals surface area (Å²) in [6.45, 7) is 0. The molecule has 74 valence electrons. The number of rotatable bonds is 0. The molecule has 0 saturated carbocycles. The summed E-state index contributed by atoms with van der Waals surface area (Å²) in [5.74, 6) is 0. The minimum absolute atomic E-state index is 0. The van der Waals surface area contributed by atoms with Gasteiger partial charge in [0, 0.05) is 0 Å². The van der Waals surface area contributed by atoms with E-state index in [0.717, 1.165) is 0 Å². The summed E-state index contributed by atoms with van der Waals surface area (Å²) in [6.07, 6.45) is 0. The molecule has 0 rings (SSSR count). The molecule has 0 aliphatic carbocycles. The zero-order valence-corrected chi connectivity index (χ0v) is 8.02. The van der Waals surface area contributed by atoms with E-state index in [4.69, 9.17) is 0 Å². The fourth-order valence-electron chi connectivity index (χ4n) is 0. The Balaban J connectivity index is 0. The summed E-state index contributed by atoms with van der Waals surface area (Å²) < 4.78 is 0. The Morgan fingerprint density at radius 3 is 0.455 bits per heavy atom. The van der Waals surface area contributed by atoms with Crippen molar-refractivity contribution in [1.29, 1.82) is 0 Å². The molecule has 9 nitrogen and oxygen atoms in total. The van der Waals surface area contributed by atoms with Crippen molar-refractivity contribution in [3.8, 4) is 0 Å². The van der Waals surface area contributed by atoms with Gasteiger partial charge in [-0.1, -0.05) is 0 Å². The summed E-state index contributed by atoms with van der Waals surface area (Å²) >= 11 is 0. The smallest absolute Gasteiger partial charge is 2.00 e. The first-order valence-electron chi connectivity index (χ1n) is 0. The van der Waals surface area contributed by atoms with E-state index < -0.39 is 0 Å². The van der Waals surface area contributed by atoms with Gasteiger partial charge in [0.15, 0.2) is 0 Å². The zero-order chi connectivity index (χ0) is 0. The van der Waals surface area contributed by atoms with Crippen LogP contribution in [0.2, 0.25) is 0 Å². The van der Waals surface area contributed by atoms with Crippen LogP contribution >= 0.6 is 0 Å². The van der Waals surface area contributed by atoms with E-state index in [1.165, 1.54) is 0 Å². The third kappa shape index (κ3) is 992. The van der Waals surface area contributed by atoms with Crippen LogP contribution in [-0.4, -0.2) is 61.4 Å². The van der Waals surface area contributed by atoms with Crippen molar-refractivity contribution in [2.24, 2.45) is 0 Å². The average Bonchev–Trinajstić information content (AvgIpc) is 0. The van der Waals surface area contributed by atoms with Crippen LogP contribution in [0.15, 0.2) is 0 Å². The molecule has 11 heavy (non-hydrogen) atoms. The van der Waals surface area contributed by atoms with Gasteiger partial charge in [0.25, 0.3) is 0 Å². The van der Waals surface area contributed by atoms with Crippen molar-refractivity contribution >= 4 is 23.1 Å². The zero-order valence-electron chi connectivity index (χ0n) is 5.33. The van der Waals surface area contributed by atoms with Crippen molar-refractivity contribution in [2.45, 2.75) is 0 Å². The Morgan fingerprint density at radius 1 is 0.455 bits per heavy atom. The van der Waals surface area contributed by atoms with E-state index in [-0.39, 0.29) is 89.7 Å². The third-order valence-corrected chi connectivity index (χ3v) is 0. The molecule has 0 spiro atoms. The molecule has 0 aliphatic heterocycles. The van der Waals surface area contributed by atoms with Crippen LogP contribution in [0.25, 0.3) is 0 Å². The Bertz CT molecular complexity index is 9.52. The summed E-state index contributed by atoms with van der Waals surface area (Å²) in [6, 6.07) is 0. The fraction of sp³-hybridized carbons (Fsp3) is 0. The molecule has 0 amide bonds. The molecule has 0 heterocycles. The maximum absolute atomic E-state index is 0. The van der Waals surface area contributed by atoms with E-state index in [9.17, 15) is 0 Å². The Labute approximate surface area is 89.8 Å². The number of hydrogen-bond acceptors (Lipinski definition) is 2. The van der Waals surface area contributed by atoms with Gasteiger partial charge in [0.2, 0.25) is 0 Å². The molecule has 0 aliphatic rings. The second kappa shape index (κ2) is 1230. The summed E-state index contributed by atoms with van der Waals surface area (Å²) in [7, 11) is 0. The standard InChI is InChI=1S/Cr.Mg.7H2O.2O/h;;7*1H2;;/q+4;+2;;;;;;;;2*-2/p-2. The van der Waals surface area contributed by atoms with Gasteiger partial charge in [-0.25, -0.2) is 0 Å². The molecule has 0 fully saturated rings. The van der Waals surface area contributed by atoms with Crippen LogP contribution in [0.4, 0.5) is 0 Å². The molecule has 0 saturated heterocycles. The second-order valence-corrected chi connectivity index (χ2v) is 0. The minimum Gasteiger partial charge on any atom is -2.00 e. The van der Waals surface area contributed by atoms with E-state index in [2.05, 4.69) is 0 Å². The van der Waals surface area contributed by atoms with Gasteiger partial charge in [-0.2, -0.15) is 0 Å². The van der Waals surface area contributed by atoms with Crippen molar-refractivity contribution < 1.29 is 66.6 Å². The van der Waals surface area contributed by atoms with Crippen molar-refractivity contribution in [3.63, 3.8) is 0 Å². The largest absolute Gasteiger partial charge is 4.00 e. The van der Waals surface area contributed by atoms with Crippen molar-refractivity contribution in [2.75, 3.05) is 0 Å². The first kappa shape index (κ1) is 1620. The summed E-state index contributed by atoms with van der Waals surface area (Å²) in [4.78, 5) is 0. The first-order chi connectivity index (χ1) is 0. The van der Waals surface area contributed by atoms with Gasteiger partial charge >= 0.3 is 40.4 Å². The van der Waals surface area contributed by atoms with E-state index >= 15 is 0 Å². The molecule has 0 aromatic heterocycles. The van der Waals surface area contributed by atoms with Crippen LogP contribution < -0.4 is 0 Å². The van der Waals surface area contributed by atoms with Gasteiger partial charge in [-0.15, -0.1) is 0 Å². The predicted octanol–water partition coefficient (Wildman–Crippen LogP) is -5.10. The fourth-order valence-corrected chi connectivity index (χ4v) is 0. The quantitative estimate of drug-likeness (QED) is 0.370. The third-order valence-electron chi connectivity index (χ3n) is 0. The Kier molecular flexibility index (Phi) is 181000. The molecular formula is H12CrMgO9. The molecule has 0 aromatic rings. The van der Waals surface area contributed by atoms with Crippen LogP contribution in [0.1, 0.15) is 0 Å². The molecule has 0 aromatic carbocycles. The minimum atomic E-state index is 0. The summed E-state index contributed by atoms with van der Waals surface area (Å²) in [5, 5.41) is 0. The molecular weight excluding hydrogens is 220 g/mol. The molecule has 11 heteroatoms. The topological polar surface area (TPSA) is 274 Å². The maximum Gasteiger partial charge on any atom is 4.00 e. The van der Waals surface area contributed by atoms with Crippen molar-refractivity contribution in [1.82, 2.24) is 0 Å². The van der Waals surface area contributed by atoms with Crippen LogP contribution in [0.3, 0.4) is 0 Å². The van der Waals surface area contributed by atoms with E-state index in [1.54, 1.807) is 0 Å². The normalized spacial score (nSPS) is 0. The average molecular weight is 232 g/mol. The first-order valence-corrected chi connectivity index (χ1v) is 0. The molecule has 0 atom stereocenters. The molecule has 0 unspecified atom stereocenters. The van der Waals surface area contributed by atoms with Crippen molar-refractivity contribution in [3.05, 3.63) is 0 Å². The maximum atomic E-state index is 0. The predicted molar refractivity (Wildman–Crippen MR) is 29.1 cm³/mol. The van der Waals surface area contributed by atoms with Crippen LogP contribution in [0, 0.1) is 0 Å². The van der Waals surface area contributed by atoms with E-state index in [0.29, 0.717) is 0 Å². The van der Waals surface area contributed by atoms with Gasteiger partial charge in [-0.05, 0) is 0 Å². The van der Waals surface area contributed by atoms with Crippen LogP contribution in [-0.2, 0) is 28.3 Å². The molecule has 12 N–H and O–H groups in total. The molecule has 0 bridgehead atoms.